The SMILES string of the molecule is C=C(C)c1ccccc1C(C)N(C(=O)c1c(C(F)F)nn(C)c1F)C1CC1. The van der Waals surface area contributed by atoms with E-state index in [1.54, 1.807) is 0 Å². The Hall–Kier alpha value is -2.57. The second-order valence-corrected chi connectivity index (χ2v) is 6.96. The lowest BCUT2D eigenvalue weighted by Gasteiger charge is -2.31. The van der Waals surface area contributed by atoms with Crippen molar-refractivity contribution in [3.8, 4) is 0 Å². The number of halogens is 3. The zero-order valence-electron chi connectivity index (χ0n) is 15.5. The first-order valence-corrected chi connectivity index (χ1v) is 8.82. The van der Waals surface area contributed by atoms with E-state index in [-0.39, 0.29) is 6.04 Å². The third-order valence-corrected chi connectivity index (χ3v) is 4.89. The summed E-state index contributed by atoms with van der Waals surface area (Å²) in [5.74, 6) is -1.79. The van der Waals surface area contributed by atoms with E-state index in [0.29, 0.717) is 4.68 Å². The third kappa shape index (κ3) is 3.50. The minimum atomic E-state index is -3.03. The number of alkyl halides is 2. The standard InChI is InChI=1S/C20H22F3N3O/c1-11(2)14-7-5-6-8-15(14)12(3)26(13-9-10-13)20(27)16-17(18(21)22)24-25(4)19(16)23/h5-8,12-13,18H,1,9-10H2,2-4H3. The van der Waals surface area contributed by atoms with Crippen molar-refractivity contribution in [3.05, 3.63) is 59.2 Å². The summed E-state index contributed by atoms with van der Waals surface area (Å²) in [4.78, 5) is 14.7. The molecule has 1 unspecified atom stereocenters. The molecule has 1 saturated carbocycles. The number of rotatable bonds is 6. The zero-order chi connectivity index (χ0) is 19.9. The van der Waals surface area contributed by atoms with Gasteiger partial charge in [0.2, 0.25) is 5.95 Å². The van der Waals surface area contributed by atoms with Crippen molar-refractivity contribution >= 4 is 11.5 Å². The molecule has 3 rings (SSSR count). The lowest BCUT2D eigenvalue weighted by Crippen LogP contribution is -2.36. The van der Waals surface area contributed by atoms with Crippen LogP contribution in [0.25, 0.3) is 5.57 Å². The Morgan fingerprint density at radius 2 is 1.96 bits per heavy atom. The van der Waals surface area contributed by atoms with Crippen LogP contribution in [0.2, 0.25) is 0 Å². The molecule has 7 heteroatoms. The monoisotopic (exact) mass is 377 g/mol. The summed E-state index contributed by atoms with van der Waals surface area (Å²) in [5, 5.41) is 3.50. The summed E-state index contributed by atoms with van der Waals surface area (Å²) in [5.41, 5.74) is 1.13. The van der Waals surface area contributed by atoms with Crippen molar-refractivity contribution in [2.75, 3.05) is 0 Å². The van der Waals surface area contributed by atoms with Crippen molar-refractivity contribution in [1.29, 1.82) is 0 Å². The number of hydrogen-bond acceptors (Lipinski definition) is 2. The molecule has 0 aliphatic heterocycles. The number of carbonyl (C=O) groups excluding carboxylic acids is 1. The fourth-order valence-corrected chi connectivity index (χ4v) is 3.41. The van der Waals surface area contributed by atoms with Crippen LogP contribution in [0.5, 0.6) is 0 Å². The number of nitrogens with zero attached hydrogens (tertiary/aromatic N) is 3. The first kappa shape index (κ1) is 19.2. The summed E-state index contributed by atoms with van der Waals surface area (Å²) in [6.45, 7) is 7.66. The molecule has 1 atom stereocenters. The van der Waals surface area contributed by atoms with E-state index in [1.807, 2.05) is 38.1 Å². The third-order valence-electron chi connectivity index (χ3n) is 4.89. The number of benzene rings is 1. The van der Waals surface area contributed by atoms with Gasteiger partial charge in [0, 0.05) is 13.1 Å². The van der Waals surface area contributed by atoms with Gasteiger partial charge in [-0.3, -0.25) is 4.79 Å². The fourth-order valence-electron chi connectivity index (χ4n) is 3.41. The van der Waals surface area contributed by atoms with Gasteiger partial charge in [-0.2, -0.15) is 9.49 Å². The van der Waals surface area contributed by atoms with Gasteiger partial charge in [0.1, 0.15) is 11.3 Å². The molecule has 1 heterocycles. The normalized spacial score (nSPS) is 15.1. The molecule has 1 aromatic heterocycles. The lowest BCUT2D eigenvalue weighted by molar-refractivity contribution is 0.0656. The molecule has 1 aliphatic carbocycles. The molecule has 1 aromatic carbocycles. The number of allylic oxidation sites excluding steroid dienone is 1. The molecule has 2 aromatic rings. The lowest BCUT2D eigenvalue weighted by atomic mass is 9.95. The second-order valence-electron chi connectivity index (χ2n) is 6.96. The number of carbonyl (C=O) groups is 1. The van der Waals surface area contributed by atoms with Crippen LogP contribution < -0.4 is 0 Å². The Balaban J connectivity index is 2.05. The van der Waals surface area contributed by atoms with Crippen molar-refractivity contribution < 1.29 is 18.0 Å². The van der Waals surface area contributed by atoms with Gasteiger partial charge in [-0.05, 0) is 37.8 Å². The molecule has 0 N–H and O–H groups in total. The average Bonchev–Trinajstić information content (AvgIpc) is 3.40. The van der Waals surface area contributed by atoms with Crippen LogP contribution in [-0.4, -0.2) is 26.6 Å². The highest BCUT2D eigenvalue weighted by molar-refractivity contribution is 5.96. The van der Waals surface area contributed by atoms with Gasteiger partial charge in [-0.25, -0.2) is 13.5 Å². The van der Waals surface area contributed by atoms with Crippen LogP contribution >= 0.6 is 0 Å². The smallest absolute Gasteiger partial charge is 0.283 e. The summed E-state index contributed by atoms with van der Waals surface area (Å²) in [6, 6.07) is 6.99. The Bertz CT molecular complexity index is 887. The highest BCUT2D eigenvalue weighted by atomic mass is 19.3. The zero-order valence-corrected chi connectivity index (χ0v) is 15.5. The van der Waals surface area contributed by atoms with Gasteiger partial charge in [0.25, 0.3) is 12.3 Å². The average molecular weight is 377 g/mol. The molecular formula is C20H22F3N3O. The predicted molar refractivity (Wildman–Crippen MR) is 96.9 cm³/mol. The van der Waals surface area contributed by atoms with E-state index in [9.17, 15) is 18.0 Å². The van der Waals surface area contributed by atoms with Crippen molar-refractivity contribution in [1.82, 2.24) is 14.7 Å². The van der Waals surface area contributed by atoms with Crippen molar-refractivity contribution in [2.45, 2.75) is 45.2 Å². The van der Waals surface area contributed by atoms with Crippen LogP contribution in [0.1, 0.15) is 66.3 Å². The molecule has 144 valence electrons. The summed E-state index contributed by atoms with van der Waals surface area (Å²) >= 11 is 0. The Morgan fingerprint density at radius 1 is 1.33 bits per heavy atom. The molecule has 1 aliphatic rings. The number of amides is 1. The van der Waals surface area contributed by atoms with Gasteiger partial charge in [0.05, 0.1) is 6.04 Å². The molecule has 1 fully saturated rings. The Kier molecular flexibility index (Phi) is 5.13. The highest BCUT2D eigenvalue weighted by Gasteiger charge is 2.41. The summed E-state index contributed by atoms with van der Waals surface area (Å²) in [6.07, 6.45) is -1.51. The van der Waals surface area contributed by atoms with Crippen LogP contribution in [0.3, 0.4) is 0 Å². The Morgan fingerprint density at radius 3 is 2.52 bits per heavy atom. The largest absolute Gasteiger partial charge is 0.329 e. The van der Waals surface area contributed by atoms with Crippen molar-refractivity contribution in [3.63, 3.8) is 0 Å². The molecule has 0 spiro atoms. The number of aryl methyl sites for hydroxylation is 1. The van der Waals surface area contributed by atoms with Crippen LogP contribution in [0.15, 0.2) is 30.8 Å². The van der Waals surface area contributed by atoms with E-state index in [1.165, 1.54) is 11.9 Å². The maximum absolute atomic E-state index is 14.5. The van der Waals surface area contributed by atoms with Crippen LogP contribution in [-0.2, 0) is 7.05 Å². The maximum atomic E-state index is 14.5. The molecular weight excluding hydrogens is 355 g/mol. The second kappa shape index (κ2) is 7.21. The van der Waals surface area contributed by atoms with E-state index in [4.69, 9.17) is 0 Å². The number of hydrogen-bond donors (Lipinski definition) is 0. The molecule has 1 amide bonds. The van der Waals surface area contributed by atoms with Crippen molar-refractivity contribution in [2.24, 2.45) is 7.05 Å². The van der Waals surface area contributed by atoms with Gasteiger partial charge in [-0.15, -0.1) is 0 Å². The quantitative estimate of drug-likeness (QED) is 0.718. The molecule has 4 nitrogen and oxygen atoms in total. The number of aromatic nitrogens is 2. The first-order valence-electron chi connectivity index (χ1n) is 8.82. The maximum Gasteiger partial charge on any atom is 0.283 e. The summed E-state index contributed by atoms with van der Waals surface area (Å²) in [7, 11) is 1.21. The van der Waals surface area contributed by atoms with Gasteiger partial charge >= 0.3 is 0 Å². The minimum absolute atomic E-state index is 0.101. The molecule has 0 saturated heterocycles. The van der Waals surface area contributed by atoms with E-state index in [2.05, 4.69) is 11.7 Å². The van der Waals surface area contributed by atoms with Crippen LogP contribution in [0.4, 0.5) is 13.2 Å². The molecule has 0 bridgehead atoms. The molecule has 0 radical (unpaired) electrons. The van der Waals surface area contributed by atoms with Crippen LogP contribution in [0, 0.1) is 5.95 Å². The van der Waals surface area contributed by atoms with E-state index in [0.717, 1.165) is 29.5 Å². The summed E-state index contributed by atoms with van der Waals surface area (Å²) < 4.78 is 41.8. The highest BCUT2D eigenvalue weighted by Crippen LogP contribution is 2.39. The molecule has 27 heavy (non-hydrogen) atoms. The van der Waals surface area contributed by atoms with E-state index < -0.39 is 35.6 Å². The van der Waals surface area contributed by atoms with Gasteiger partial charge < -0.3 is 4.90 Å². The minimum Gasteiger partial charge on any atom is -0.329 e. The first-order chi connectivity index (χ1) is 12.7. The Labute approximate surface area is 156 Å². The van der Waals surface area contributed by atoms with Gasteiger partial charge in [-0.1, -0.05) is 36.4 Å². The van der Waals surface area contributed by atoms with Gasteiger partial charge in [0.15, 0.2) is 0 Å². The topological polar surface area (TPSA) is 38.1 Å². The van der Waals surface area contributed by atoms with E-state index >= 15 is 0 Å². The predicted octanol–water partition coefficient (Wildman–Crippen LogP) is 4.90. The fraction of sp³-hybridized carbons (Fsp3) is 0.400.